The number of amides is 2. The Labute approximate surface area is 253 Å². The van der Waals surface area contributed by atoms with Gasteiger partial charge in [-0.25, -0.2) is 0 Å². The summed E-state index contributed by atoms with van der Waals surface area (Å²) in [5.41, 5.74) is 3.38. The highest BCUT2D eigenvalue weighted by molar-refractivity contribution is 6.42. The maximum absolute atomic E-state index is 14.4. The Morgan fingerprint density at radius 3 is 1.78 bits per heavy atom. The third-order valence-electron chi connectivity index (χ3n) is 6.89. The predicted octanol–water partition coefficient (Wildman–Crippen LogP) is 8.07. The summed E-state index contributed by atoms with van der Waals surface area (Å²) in [6.45, 7) is 6.03. The minimum atomic E-state index is -0.745. The molecule has 1 N–H and O–H groups in total. The zero-order chi connectivity index (χ0) is 29.4. The molecule has 4 aromatic carbocycles. The monoisotopic (exact) mass is 586 g/mol. The van der Waals surface area contributed by atoms with Crippen molar-refractivity contribution >= 4 is 35.0 Å². The Morgan fingerprint density at radius 2 is 1.27 bits per heavy atom. The van der Waals surface area contributed by atoms with Gasteiger partial charge >= 0.3 is 0 Å². The van der Waals surface area contributed by atoms with Gasteiger partial charge in [-0.2, -0.15) is 0 Å². The van der Waals surface area contributed by atoms with Crippen molar-refractivity contribution in [3.8, 4) is 0 Å². The number of halogens is 2. The van der Waals surface area contributed by atoms with E-state index >= 15 is 0 Å². The van der Waals surface area contributed by atoms with Gasteiger partial charge in [0.2, 0.25) is 11.8 Å². The molecule has 0 fully saturated rings. The number of carbonyl (C=O) groups is 2. The molecule has 2 amide bonds. The lowest BCUT2D eigenvalue weighted by molar-refractivity contribution is -0.142. The second kappa shape index (κ2) is 13.8. The van der Waals surface area contributed by atoms with E-state index < -0.39 is 11.6 Å². The van der Waals surface area contributed by atoms with Crippen molar-refractivity contribution in [3.05, 3.63) is 141 Å². The molecule has 0 heterocycles. The minimum Gasteiger partial charge on any atom is -0.350 e. The molecular weight excluding hydrogens is 551 g/mol. The van der Waals surface area contributed by atoms with Crippen molar-refractivity contribution in [3.63, 3.8) is 0 Å². The highest BCUT2D eigenvalue weighted by Gasteiger charge is 2.33. The van der Waals surface area contributed by atoms with E-state index in [1.807, 2.05) is 118 Å². The summed E-state index contributed by atoms with van der Waals surface area (Å²) in [5.74, 6) is -0.506. The number of hydrogen-bond acceptors (Lipinski definition) is 2. The number of rotatable bonds is 10. The molecule has 0 unspecified atom stereocenters. The van der Waals surface area contributed by atoms with Crippen LogP contribution < -0.4 is 5.32 Å². The lowest BCUT2D eigenvalue weighted by Crippen LogP contribution is -2.54. The fourth-order valence-electron chi connectivity index (χ4n) is 4.93. The van der Waals surface area contributed by atoms with E-state index in [0.29, 0.717) is 16.5 Å². The van der Waals surface area contributed by atoms with E-state index in [-0.39, 0.29) is 30.7 Å². The van der Waals surface area contributed by atoms with Crippen LogP contribution in [-0.4, -0.2) is 28.3 Å². The van der Waals surface area contributed by atoms with Crippen LogP contribution in [0.2, 0.25) is 10.0 Å². The third kappa shape index (κ3) is 8.69. The zero-order valence-corrected chi connectivity index (χ0v) is 25.2. The van der Waals surface area contributed by atoms with Crippen molar-refractivity contribution in [2.75, 3.05) is 0 Å². The molecule has 0 aromatic heterocycles. The van der Waals surface area contributed by atoms with Crippen molar-refractivity contribution in [1.29, 1.82) is 0 Å². The van der Waals surface area contributed by atoms with Crippen molar-refractivity contribution < 1.29 is 9.59 Å². The molecule has 0 aliphatic rings. The van der Waals surface area contributed by atoms with Crippen molar-refractivity contribution in [2.45, 2.75) is 57.7 Å². The largest absolute Gasteiger partial charge is 0.350 e. The van der Waals surface area contributed by atoms with Crippen LogP contribution in [0.4, 0.5) is 0 Å². The molecule has 212 valence electrons. The first-order valence-electron chi connectivity index (χ1n) is 13.8. The van der Waals surface area contributed by atoms with Gasteiger partial charge in [-0.3, -0.25) is 9.59 Å². The molecule has 1 atom stereocenters. The number of carbonyl (C=O) groups excluding carboxylic acids is 2. The molecule has 0 aliphatic carbocycles. The number of hydrogen-bond donors (Lipinski definition) is 1. The van der Waals surface area contributed by atoms with E-state index in [4.69, 9.17) is 23.2 Å². The summed E-state index contributed by atoms with van der Waals surface area (Å²) >= 11 is 12.6. The Morgan fingerprint density at radius 1 is 0.732 bits per heavy atom. The van der Waals surface area contributed by atoms with E-state index in [1.54, 1.807) is 17.0 Å². The predicted molar refractivity (Wildman–Crippen MR) is 168 cm³/mol. The van der Waals surface area contributed by atoms with Gasteiger partial charge in [0.1, 0.15) is 6.04 Å². The molecular formula is C35H36Cl2N2O2. The maximum atomic E-state index is 14.4. The molecule has 0 radical (unpaired) electrons. The summed E-state index contributed by atoms with van der Waals surface area (Å²) in [4.78, 5) is 30.0. The average Bonchev–Trinajstić information content (AvgIpc) is 2.96. The normalized spacial score (nSPS) is 12.1. The molecule has 4 nitrogen and oxygen atoms in total. The average molecular weight is 588 g/mol. The fourth-order valence-corrected chi connectivity index (χ4v) is 5.25. The van der Waals surface area contributed by atoms with Gasteiger partial charge in [0.15, 0.2) is 0 Å². The molecule has 41 heavy (non-hydrogen) atoms. The molecule has 0 spiro atoms. The van der Waals surface area contributed by atoms with Crippen LogP contribution in [-0.2, 0) is 22.6 Å². The van der Waals surface area contributed by atoms with Gasteiger partial charge in [-0.15, -0.1) is 0 Å². The Kier molecular flexibility index (Phi) is 10.3. The van der Waals surface area contributed by atoms with Gasteiger partial charge in [0.05, 0.1) is 10.0 Å². The van der Waals surface area contributed by atoms with E-state index in [0.717, 1.165) is 22.3 Å². The number of nitrogens with zero attached hydrogens (tertiary/aromatic N) is 1. The van der Waals surface area contributed by atoms with Crippen LogP contribution in [0.3, 0.4) is 0 Å². The van der Waals surface area contributed by atoms with Crippen LogP contribution in [0.15, 0.2) is 109 Å². The van der Waals surface area contributed by atoms with Gasteiger partial charge in [-0.05, 0) is 55.2 Å². The van der Waals surface area contributed by atoms with Crippen LogP contribution in [0, 0.1) is 0 Å². The number of nitrogens with one attached hydrogen (secondary N) is 1. The van der Waals surface area contributed by atoms with Crippen LogP contribution >= 0.6 is 23.2 Å². The Bertz CT molecular complexity index is 1400. The highest BCUT2D eigenvalue weighted by atomic mass is 35.5. The molecule has 0 aliphatic heterocycles. The molecule has 0 saturated heterocycles. The maximum Gasteiger partial charge on any atom is 0.243 e. The summed E-state index contributed by atoms with van der Waals surface area (Å²) in [6, 6.07) is 34.4. The minimum absolute atomic E-state index is 0.126. The van der Waals surface area contributed by atoms with Gasteiger partial charge in [0.25, 0.3) is 0 Å². The lowest BCUT2D eigenvalue weighted by Gasteiger charge is -2.35. The fraction of sp³-hybridized carbons (Fsp3) is 0.257. The summed E-state index contributed by atoms with van der Waals surface area (Å²) in [6.07, 6.45) is 0.570. The summed E-state index contributed by atoms with van der Waals surface area (Å²) in [5, 5.41) is 3.96. The SMILES string of the molecule is CC(C)(C)NC(=O)[C@H](Cc1ccccc1)N(Cc1ccc(Cl)c(Cl)c1)C(=O)CC(c1ccccc1)c1ccccc1. The zero-order valence-electron chi connectivity index (χ0n) is 23.7. The van der Waals surface area contributed by atoms with Crippen LogP contribution in [0.25, 0.3) is 0 Å². The van der Waals surface area contributed by atoms with Crippen molar-refractivity contribution in [1.82, 2.24) is 10.2 Å². The van der Waals surface area contributed by atoms with E-state index in [1.165, 1.54) is 0 Å². The topological polar surface area (TPSA) is 49.4 Å². The molecule has 0 saturated carbocycles. The second-order valence-electron chi connectivity index (χ2n) is 11.3. The number of benzene rings is 4. The Balaban J connectivity index is 1.76. The first kappa shape index (κ1) is 30.4. The smallest absolute Gasteiger partial charge is 0.243 e. The highest BCUT2D eigenvalue weighted by Crippen LogP contribution is 2.30. The van der Waals surface area contributed by atoms with E-state index in [2.05, 4.69) is 5.32 Å². The second-order valence-corrected chi connectivity index (χ2v) is 12.1. The van der Waals surface area contributed by atoms with Crippen LogP contribution in [0.1, 0.15) is 55.4 Å². The standard InChI is InChI=1S/C35H36Cl2N2O2/c1-35(2,3)38-34(41)32(22-25-13-7-4-8-14-25)39(24-26-19-20-30(36)31(37)21-26)33(40)23-29(27-15-9-5-10-16-27)28-17-11-6-12-18-28/h4-21,29,32H,22-24H2,1-3H3,(H,38,41)/t32-/m0/s1. The quantitative estimate of drug-likeness (QED) is 0.204. The molecule has 0 bridgehead atoms. The van der Waals surface area contributed by atoms with Gasteiger partial charge in [0, 0.05) is 30.8 Å². The van der Waals surface area contributed by atoms with Gasteiger partial charge < -0.3 is 10.2 Å². The van der Waals surface area contributed by atoms with Crippen LogP contribution in [0.5, 0.6) is 0 Å². The summed E-state index contributed by atoms with van der Waals surface area (Å²) in [7, 11) is 0. The first-order valence-corrected chi connectivity index (χ1v) is 14.6. The van der Waals surface area contributed by atoms with Crippen molar-refractivity contribution in [2.24, 2.45) is 0 Å². The third-order valence-corrected chi connectivity index (χ3v) is 7.63. The van der Waals surface area contributed by atoms with E-state index in [9.17, 15) is 9.59 Å². The lowest BCUT2D eigenvalue weighted by atomic mass is 9.87. The Hall–Kier alpha value is -3.60. The molecule has 4 rings (SSSR count). The first-order chi connectivity index (χ1) is 19.6. The molecule has 6 heteroatoms. The summed E-state index contributed by atoms with van der Waals surface area (Å²) < 4.78 is 0. The molecule has 4 aromatic rings. The van der Waals surface area contributed by atoms with Gasteiger partial charge in [-0.1, -0.05) is 120 Å².